The molecule has 0 amide bonds. The highest BCUT2D eigenvalue weighted by Gasteiger charge is 2.19. The maximum absolute atomic E-state index is 4.51. The number of anilines is 1. The number of rotatable bonds is 3. The fourth-order valence-electron chi connectivity index (χ4n) is 2.67. The molecule has 0 radical (unpaired) electrons. The Morgan fingerprint density at radius 1 is 1.10 bits per heavy atom. The summed E-state index contributed by atoms with van der Waals surface area (Å²) in [6.45, 7) is 11.4. The molecule has 0 saturated carbocycles. The number of hydrogen-bond acceptors (Lipinski definition) is 6. The molecule has 1 fully saturated rings. The summed E-state index contributed by atoms with van der Waals surface area (Å²) < 4.78 is 0. The van der Waals surface area contributed by atoms with Crippen LogP contribution in [0.15, 0.2) is 12.4 Å². The van der Waals surface area contributed by atoms with Gasteiger partial charge in [-0.25, -0.2) is 15.0 Å². The first-order valence-corrected chi connectivity index (χ1v) is 8.12. The summed E-state index contributed by atoms with van der Waals surface area (Å²) in [5.74, 6) is 1.05. The van der Waals surface area contributed by atoms with E-state index in [1.54, 1.807) is 6.33 Å². The number of nitrogens with zero attached hydrogens (tertiary/aromatic N) is 5. The predicted molar refractivity (Wildman–Crippen MR) is 85.8 cm³/mol. The zero-order chi connectivity index (χ0) is 14.8. The van der Waals surface area contributed by atoms with Crippen molar-refractivity contribution in [2.24, 2.45) is 0 Å². The molecule has 0 bridgehead atoms. The van der Waals surface area contributed by atoms with Crippen LogP contribution in [0.25, 0.3) is 0 Å². The lowest BCUT2D eigenvalue weighted by Gasteiger charge is -2.35. The fourth-order valence-corrected chi connectivity index (χ4v) is 3.65. The molecule has 3 heterocycles. The molecule has 2 aromatic heterocycles. The van der Waals surface area contributed by atoms with Gasteiger partial charge in [0.05, 0.1) is 10.7 Å². The van der Waals surface area contributed by atoms with Gasteiger partial charge < -0.3 is 4.90 Å². The summed E-state index contributed by atoms with van der Waals surface area (Å²) >= 11 is 1.82. The highest BCUT2D eigenvalue weighted by atomic mass is 32.1. The number of thiazole rings is 1. The maximum Gasteiger partial charge on any atom is 0.132 e. The highest BCUT2D eigenvalue weighted by Crippen LogP contribution is 2.21. The quantitative estimate of drug-likeness (QED) is 0.869. The van der Waals surface area contributed by atoms with Gasteiger partial charge in [-0.05, 0) is 20.8 Å². The summed E-state index contributed by atoms with van der Waals surface area (Å²) in [7, 11) is 0. The number of aryl methyl sites for hydroxylation is 3. The van der Waals surface area contributed by atoms with Gasteiger partial charge in [0, 0.05) is 49.4 Å². The molecule has 1 saturated heterocycles. The molecule has 21 heavy (non-hydrogen) atoms. The van der Waals surface area contributed by atoms with Gasteiger partial charge in [0.15, 0.2) is 0 Å². The normalized spacial score (nSPS) is 16.4. The summed E-state index contributed by atoms with van der Waals surface area (Å²) in [6, 6.07) is 2.06. The van der Waals surface area contributed by atoms with E-state index in [9.17, 15) is 0 Å². The van der Waals surface area contributed by atoms with Crippen molar-refractivity contribution in [2.45, 2.75) is 27.3 Å². The molecule has 0 aromatic carbocycles. The molecule has 0 aliphatic carbocycles. The van der Waals surface area contributed by atoms with Crippen LogP contribution in [0.4, 0.5) is 5.82 Å². The largest absolute Gasteiger partial charge is 0.354 e. The van der Waals surface area contributed by atoms with E-state index < -0.39 is 0 Å². The SMILES string of the molecule is Cc1cc(N2CCN(Cc3sc(C)nc3C)CC2)ncn1. The van der Waals surface area contributed by atoms with Crippen LogP contribution in [0.5, 0.6) is 0 Å². The second kappa shape index (κ2) is 6.07. The van der Waals surface area contributed by atoms with E-state index in [1.807, 2.05) is 18.3 Å². The topological polar surface area (TPSA) is 45.2 Å². The second-order valence-electron chi connectivity index (χ2n) is 5.52. The van der Waals surface area contributed by atoms with E-state index >= 15 is 0 Å². The molecule has 6 heteroatoms. The van der Waals surface area contributed by atoms with Crippen molar-refractivity contribution in [1.29, 1.82) is 0 Å². The average Bonchev–Trinajstić information content (AvgIpc) is 2.78. The van der Waals surface area contributed by atoms with Gasteiger partial charge in [0.25, 0.3) is 0 Å². The third-order valence-corrected chi connectivity index (χ3v) is 4.91. The van der Waals surface area contributed by atoms with E-state index in [4.69, 9.17) is 0 Å². The molecule has 3 rings (SSSR count). The Kier molecular flexibility index (Phi) is 4.17. The Morgan fingerprint density at radius 2 is 1.86 bits per heavy atom. The molecule has 1 aliphatic rings. The Balaban J connectivity index is 1.59. The van der Waals surface area contributed by atoms with Crippen LogP contribution in [0.1, 0.15) is 21.3 Å². The Morgan fingerprint density at radius 3 is 2.48 bits per heavy atom. The summed E-state index contributed by atoms with van der Waals surface area (Å²) in [5.41, 5.74) is 2.21. The average molecular weight is 303 g/mol. The van der Waals surface area contributed by atoms with Crippen molar-refractivity contribution in [3.05, 3.63) is 33.7 Å². The Bertz CT molecular complexity index is 616. The van der Waals surface area contributed by atoms with Crippen LogP contribution in [0, 0.1) is 20.8 Å². The van der Waals surface area contributed by atoms with Crippen LogP contribution in [-0.4, -0.2) is 46.0 Å². The van der Waals surface area contributed by atoms with Crippen molar-refractivity contribution in [3.8, 4) is 0 Å². The van der Waals surface area contributed by atoms with Crippen molar-refractivity contribution in [1.82, 2.24) is 19.9 Å². The van der Waals surface area contributed by atoms with Gasteiger partial charge in [-0.3, -0.25) is 4.90 Å². The molecule has 0 unspecified atom stereocenters. The third-order valence-electron chi connectivity index (χ3n) is 3.85. The standard InChI is InChI=1S/C15H21N5S/c1-11-8-15(17-10-16-11)20-6-4-19(5-7-20)9-14-12(2)18-13(3)21-14/h8,10H,4-7,9H2,1-3H3. The summed E-state index contributed by atoms with van der Waals surface area (Å²) in [6.07, 6.45) is 1.65. The van der Waals surface area contributed by atoms with E-state index in [1.165, 1.54) is 10.6 Å². The molecule has 0 N–H and O–H groups in total. The third kappa shape index (κ3) is 3.39. The first-order valence-electron chi connectivity index (χ1n) is 7.30. The minimum atomic E-state index is 1.02. The van der Waals surface area contributed by atoms with Crippen molar-refractivity contribution < 1.29 is 0 Å². The van der Waals surface area contributed by atoms with Crippen molar-refractivity contribution in [3.63, 3.8) is 0 Å². The summed E-state index contributed by atoms with van der Waals surface area (Å²) in [4.78, 5) is 19.3. The van der Waals surface area contributed by atoms with Gasteiger partial charge >= 0.3 is 0 Å². The molecule has 5 nitrogen and oxygen atoms in total. The van der Waals surface area contributed by atoms with Crippen LogP contribution >= 0.6 is 11.3 Å². The lowest BCUT2D eigenvalue weighted by Crippen LogP contribution is -2.46. The fraction of sp³-hybridized carbons (Fsp3) is 0.533. The van der Waals surface area contributed by atoms with Gasteiger partial charge in [0.2, 0.25) is 0 Å². The zero-order valence-corrected chi connectivity index (χ0v) is 13.7. The van der Waals surface area contributed by atoms with Crippen LogP contribution in [0.2, 0.25) is 0 Å². The first-order chi connectivity index (χ1) is 10.1. The smallest absolute Gasteiger partial charge is 0.132 e. The molecular weight excluding hydrogens is 282 g/mol. The predicted octanol–water partition coefficient (Wildman–Crippen LogP) is 2.18. The van der Waals surface area contributed by atoms with Crippen molar-refractivity contribution in [2.75, 3.05) is 31.1 Å². The van der Waals surface area contributed by atoms with E-state index in [0.717, 1.165) is 49.2 Å². The molecule has 112 valence electrons. The Labute approximate surface area is 129 Å². The molecule has 2 aromatic rings. The van der Waals surface area contributed by atoms with E-state index in [0.29, 0.717) is 0 Å². The number of hydrogen-bond donors (Lipinski definition) is 0. The van der Waals surface area contributed by atoms with E-state index in [-0.39, 0.29) is 0 Å². The molecule has 0 atom stereocenters. The molecule has 1 aliphatic heterocycles. The zero-order valence-electron chi connectivity index (χ0n) is 12.8. The minimum Gasteiger partial charge on any atom is -0.354 e. The van der Waals surface area contributed by atoms with Gasteiger partial charge in [-0.2, -0.15) is 0 Å². The number of aromatic nitrogens is 3. The Hall–Kier alpha value is -1.53. The van der Waals surface area contributed by atoms with Crippen LogP contribution in [0.3, 0.4) is 0 Å². The van der Waals surface area contributed by atoms with Crippen LogP contribution in [-0.2, 0) is 6.54 Å². The molecule has 0 spiro atoms. The van der Waals surface area contributed by atoms with Crippen LogP contribution < -0.4 is 4.90 Å². The number of piperazine rings is 1. The highest BCUT2D eigenvalue weighted by molar-refractivity contribution is 7.11. The lowest BCUT2D eigenvalue weighted by atomic mass is 10.2. The monoisotopic (exact) mass is 303 g/mol. The lowest BCUT2D eigenvalue weighted by molar-refractivity contribution is 0.251. The van der Waals surface area contributed by atoms with Gasteiger partial charge in [-0.15, -0.1) is 11.3 Å². The van der Waals surface area contributed by atoms with Gasteiger partial charge in [-0.1, -0.05) is 0 Å². The van der Waals surface area contributed by atoms with E-state index in [2.05, 4.69) is 44.7 Å². The van der Waals surface area contributed by atoms with Crippen molar-refractivity contribution >= 4 is 17.2 Å². The second-order valence-corrected chi connectivity index (χ2v) is 6.81. The summed E-state index contributed by atoms with van der Waals surface area (Å²) in [5, 5.41) is 1.16. The first kappa shape index (κ1) is 14.4. The molecular formula is C15H21N5S. The maximum atomic E-state index is 4.51. The van der Waals surface area contributed by atoms with Gasteiger partial charge in [0.1, 0.15) is 12.1 Å². The minimum absolute atomic E-state index is 1.02.